The summed E-state index contributed by atoms with van der Waals surface area (Å²) in [6.45, 7) is 6.75. The molecule has 0 radical (unpaired) electrons. The average Bonchev–Trinajstić information content (AvgIpc) is 2.34. The fourth-order valence-corrected chi connectivity index (χ4v) is 2.30. The van der Waals surface area contributed by atoms with Crippen molar-refractivity contribution in [3.05, 3.63) is 0 Å². The first-order chi connectivity index (χ1) is 8.20. The maximum absolute atomic E-state index is 9.95. The fourth-order valence-electron chi connectivity index (χ4n) is 2.30. The van der Waals surface area contributed by atoms with E-state index in [1.165, 1.54) is 19.3 Å². The van der Waals surface area contributed by atoms with Gasteiger partial charge in [0.2, 0.25) is 0 Å². The van der Waals surface area contributed by atoms with Crippen LogP contribution in [0, 0.1) is 11.8 Å². The molecule has 1 saturated carbocycles. The third kappa shape index (κ3) is 7.02. The van der Waals surface area contributed by atoms with Crippen molar-refractivity contribution in [2.45, 2.75) is 52.1 Å². The molecular weight excluding hydrogens is 216 g/mol. The van der Waals surface area contributed by atoms with Gasteiger partial charge in [-0.1, -0.05) is 33.1 Å². The van der Waals surface area contributed by atoms with Gasteiger partial charge in [0.05, 0.1) is 25.9 Å². The number of ether oxygens (including phenoxy) is 2. The third-order valence-electron chi connectivity index (χ3n) is 3.31. The van der Waals surface area contributed by atoms with Crippen LogP contribution in [-0.4, -0.2) is 37.6 Å². The Bertz CT molecular complexity index is 176. The molecule has 1 rings (SSSR count). The highest BCUT2D eigenvalue weighted by Gasteiger charge is 2.21. The van der Waals surface area contributed by atoms with Crippen LogP contribution in [0.15, 0.2) is 0 Å². The molecule has 1 aliphatic carbocycles. The highest BCUT2D eigenvalue weighted by atomic mass is 16.5. The van der Waals surface area contributed by atoms with Crippen molar-refractivity contribution < 1.29 is 14.6 Å². The lowest BCUT2D eigenvalue weighted by atomic mass is 9.85. The van der Waals surface area contributed by atoms with Crippen LogP contribution in [0.25, 0.3) is 0 Å². The summed E-state index contributed by atoms with van der Waals surface area (Å²) in [4.78, 5) is 0. The van der Waals surface area contributed by atoms with E-state index in [-0.39, 0.29) is 6.10 Å². The van der Waals surface area contributed by atoms with Gasteiger partial charge in [-0.05, 0) is 24.7 Å². The van der Waals surface area contributed by atoms with E-state index < -0.39 is 0 Å². The van der Waals surface area contributed by atoms with Crippen molar-refractivity contribution in [2.24, 2.45) is 11.8 Å². The summed E-state index contributed by atoms with van der Waals surface area (Å²) in [6, 6.07) is 0. The van der Waals surface area contributed by atoms with E-state index in [4.69, 9.17) is 9.47 Å². The zero-order chi connectivity index (χ0) is 12.5. The van der Waals surface area contributed by atoms with E-state index in [2.05, 4.69) is 13.8 Å². The molecule has 0 bridgehead atoms. The predicted octanol–water partition coefficient (Wildman–Crippen LogP) is 2.62. The first kappa shape index (κ1) is 14.9. The lowest BCUT2D eigenvalue weighted by Crippen LogP contribution is -2.28. The molecule has 0 aromatic carbocycles. The summed E-state index contributed by atoms with van der Waals surface area (Å²) in [6.07, 6.45) is 5.90. The highest BCUT2D eigenvalue weighted by molar-refractivity contribution is 4.72. The quantitative estimate of drug-likeness (QED) is 0.667. The van der Waals surface area contributed by atoms with Crippen LogP contribution in [0.1, 0.15) is 46.0 Å². The Labute approximate surface area is 105 Å². The molecule has 0 amide bonds. The summed E-state index contributed by atoms with van der Waals surface area (Å²) in [7, 11) is 0. The van der Waals surface area contributed by atoms with Crippen LogP contribution in [0.2, 0.25) is 0 Å². The Morgan fingerprint density at radius 3 is 2.18 bits per heavy atom. The van der Waals surface area contributed by atoms with Gasteiger partial charge in [-0.2, -0.15) is 0 Å². The molecule has 1 unspecified atom stereocenters. The molecule has 0 spiro atoms. The first-order valence-corrected chi connectivity index (χ1v) is 7.03. The standard InChI is InChI=1S/C14H28O3/c1-12(2)10-16-8-9-17-11-14(15)13-6-4-3-5-7-13/h12-15H,3-11H2,1-2H3. The van der Waals surface area contributed by atoms with E-state index in [9.17, 15) is 5.11 Å². The largest absolute Gasteiger partial charge is 0.390 e. The van der Waals surface area contributed by atoms with Crippen molar-refractivity contribution in [1.29, 1.82) is 0 Å². The molecule has 1 N–H and O–H groups in total. The summed E-state index contributed by atoms with van der Waals surface area (Å²) in [5.41, 5.74) is 0. The Morgan fingerprint density at radius 1 is 1.00 bits per heavy atom. The molecule has 0 aromatic heterocycles. The van der Waals surface area contributed by atoms with Crippen LogP contribution in [0.5, 0.6) is 0 Å². The van der Waals surface area contributed by atoms with Crippen molar-refractivity contribution in [3.63, 3.8) is 0 Å². The normalized spacial score (nSPS) is 19.8. The van der Waals surface area contributed by atoms with E-state index >= 15 is 0 Å². The van der Waals surface area contributed by atoms with Crippen LogP contribution >= 0.6 is 0 Å². The van der Waals surface area contributed by atoms with Gasteiger partial charge in [-0.15, -0.1) is 0 Å². The summed E-state index contributed by atoms with van der Waals surface area (Å²) in [5, 5.41) is 9.95. The Kier molecular flexibility index (Phi) is 7.82. The second-order valence-electron chi connectivity index (χ2n) is 5.51. The summed E-state index contributed by atoms with van der Waals surface area (Å²) < 4.78 is 10.9. The SMILES string of the molecule is CC(C)COCCOCC(O)C1CCCCC1. The predicted molar refractivity (Wildman–Crippen MR) is 69.1 cm³/mol. The molecule has 3 heteroatoms. The third-order valence-corrected chi connectivity index (χ3v) is 3.31. The zero-order valence-corrected chi connectivity index (χ0v) is 11.4. The van der Waals surface area contributed by atoms with Gasteiger partial charge >= 0.3 is 0 Å². The fraction of sp³-hybridized carbons (Fsp3) is 1.00. The number of hydrogen-bond donors (Lipinski definition) is 1. The molecule has 0 aromatic rings. The lowest BCUT2D eigenvalue weighted by Gasteiger charge is -2.26. The molecule has 3 nitrogen and oxygen atoms in total. The molecule has 0 heterocycles. The minimum Gasteiger partial charge on any atom is -0.390 e. The molecule has 1 aliphatic rings. The average molecular weight is 244 g/mol. The highest BCUT2D eigenvalue weighted by Crippen LogP contribution is 2.26. The monoisotopic (exact) mass is 244 g/mol. The Hall–Kier alpha value is -0.120. The van der Waals surface area contributed by atoms with Crippen LogP contribution in [0.4, 0.5) is 0 Å². The lowest BCUT2D eigenvalue weighted by molar-refractivity contribution is -0.0257. The number of hydrogen-bond acceptors (Lipinski definition) is 3. The van der Waals surface area contributed by atoms with Crippen LogP contribution < -0.4 is 0 Å². The number of aliphatic hydroxyl groups excluding tert-OH is 1. The van der Waals surface area contributed by atoms with Gasteiger partial charge in [-0.3, -0.25) is 0 Å². The van der Waals surface area contributed by atoms with Gasteiger partial charge in [0.15, 0.2) is 0 Å². The zero-order valence-electron chi connectivity index (χ0n) is 11.4. The molecule has 1 fully saturated rings. The van der Waals surface area contributed by atoms with Gasteiger partial charge < -0.3 is 14.6 Å². The van der Waals surface area contributed by atoms with Crippen molar-refractivity contribution in [3.8, 4) is 0 Å². The maximum Gasteiger partial charge on any atom is 0.0801 e. The molecule has 0 saturated heterocycles. The topological polar surface area (TPSA) is 38.7 Å². The molecule has 102 valence electrons. The van der Waals surface area contributed by atoms with E-state index in [0.29, 0.717) is 31.7 Å². The van der Waals surface area contributed by atoms with E-state index in [1.807, 2.05) is 0 Å². The van der Waals surface area contributed by atoms with Crippen LogP contribution in [0.3, 0.4) is 0 Å². The Morgan fingerprint density at radius 2 is 1.59 bits per heavy atom. The number of rotatable bonds is 8. The van der Waals surface area contributed by atoms with Crippen molar-refractivity contribution in [2.75, 3.05) is 26.4 Å². The smallest absolute Gasteiger partial charge is 0.0801 e. The molecule has 1 atom stereocenters. The Balaban J connectivity index is 1.94. The first-order valence-electron chi connectivity index (χ1n) is 7.03. The second-order valence-corrected chi connectivity index (χ2v) is 5.51. The van der Waals surface area contributed by atoms with Crippen LogP contribution in [-0.2, 0) is 9.47 Å². The molecule has 0 aliphatic heterocycles. The minimum absolute atomic E-state index is 0.277. The maximum atomic E-state index is 9.95. The van der Waals surface area contributed by atoms with Gasteiger partial charge in [0, 0.05) is 6.61 Å². The van der Waals surface area contributed by atoms with Crippen molar-refractivity contribution >= 4 is 0 Å². The van der Waals surface area contributed by atoms with E-state index in [1.54, 1.807) is 0 Å². The van der Waals surface area contributed by atoms with Gasteiger partial charge in [0.25, 0.3) is 0 Å². The molecule has 17 heavy (non-hydrogen) atoms. The van der Waals surface area contributed by atoms with Gasteiger partial charge in [-0.25, -0.2) is 0 Å². The molecular formula is C14H28O3. The summed E-state index contributed by atoms with van der Waals surface area (Å²) in [5.74, 6) is 1.03. The summed E-state index contributed by atoms with van der Waals surface area (Å²) >= 11 is 0. The second kappa shape index (κ2) is 8.90. The van der Waals surface area contributed by atoms with Gasteiger partial charge in [0.1, 0.15) is 0 Å². The van der Waals surface area contributed by atoms with E-state index in [0.717, 1.165) is 19.4 Å². The minimum atomic E-state index is -0.277. The number of aliphatic hydroxyl groups is 1. The van der Waals surface area contributed by atoms with Crippen molar-refractivity contribution in [1.82, 2.24) is 0 Å².